The molecule has 1 fully saturated rings. The maximum atomic E-state index is 11.3. The first kappa shape index (κ1) is 18.1. The summed E-state index contributed by atoms with van der Waals surface area (Å²) in [6, 6.07) is 0. The molecule has 21 heavy (non-hydrogen) atoms. The Bertz CT molecular complexity index is 321. The fourth-order valence-corrected chi connectivity index (χ4v) is 2.58. The molecule has 0 aliphatic carbocycles. The summed E-state index contributed by atoms with van der Waals surface area (Å²) in [6.07, 6.45) is 10.7. The smallest absolute Gasteiger partial charge is 0.305 e. The van der Waals surface area contributed by atoms with Crippen LogP contribution >= 0.6 is 0 Å². The van der Waals surface area contributed by atoms with E-state index in [-0.39, 0.29) is 11.8 Å². The molecule has 1 heterocycles. The Balaban J connectivity index is 1.81. The van der Waals surface area contributed by atoms with Crippen molar-refractivity contribution in [3.8, 4) is 0 Å². The lowest BCUT2D eigenvalue weighted by molar-refractivity contribution is -0.143. The van der Waals surface area contributed by atoms with E-state index >= 15 is 0 Å². The summed E-state index contributed by atoms with van der Waals surface area (Å²) in [5.41, 5.74) is -0.396. The average Bonchev–Trinajstić information content (AvgIpc) is 3.22. The molecule has 0 N–H and O–H groups in total. The minimum Gasteiger partial charge on any atom is -0.466 e. The molecule has 0 aromatic heterocycles. The van der Waals surface area contributed by atoms with Crippen molar-refractivity contribution in [3.05, 3.63) is 0 Å². The van der Waals surface area contributed by atoms with Crippen molar-refractivity contribution < 1.29 is 19.1 Å². The molecular weight excluding hydrogens is 268 g/mol. The largest absolute Gasteiger partial charge is 0.466 e. The molecule has 1 aliphatic heterocycles. The van der Waals surface area contributed by atoms with Gasteiger partial charge in [0, 0.05) is 6.42 Å². The maximum Gasteiger partial charge on any atom is 0.305 e. The van der Waals surface area contributed by atoms with Crippen molar-refractivity contribution in [2.24, 2.45) is 0 Å². The normalized spacial score (nSPS) is 20.3. The fourth-order valence-electron chi connectivity index (χ4n) is 2.58. The van der Waals surface area contributed by atoms with Crippen LogP contribution in [-0.2, 0) is 19.1 Å². The van der Waals surface area contributed by atoms with E-state index in [9.17, 15) is 9.59 Å². The van der Waals surface area contributed by atoms with Gasteiger partial charge < -0.3 is 9.47 Å². The molecule has 4 heteroatoms. The van der Waals surface area contributed by atoms with E-state index < -0.39 is 5.60 Å². The first-order valence-electron chi connectivity index (χ1n) is 8.41. The van der Waals surface area contributed by atoms with Gasteiger partial charge >= 0.3 is 5.97 Å². The number of unbranched alkanes of at least 4 members (excludes halogenated alkanes) is 7. The van der Waals surface area contributed by atoms with Gasteiger partial charge in [-0.05, 0) is 26.7 Å². The van der Waals surface area contributed by atoms with Gasteiger partial charge in [0.2, 0.25) is 0 Å². The van der Waals surface area contributed by atoms with Crippen LogP contribution in [-0.4, -0.2) is 30.6 Å². The lowest BCUT2D eigenvalue weighted by Crippen LogP contribution is -2.21. The van der Waals surface area contributed by atoms with Gasteiger partial charge in [0.15, 0.2) is 5.78 Å². The number of epoxide rings is 1. The second kappa shape index (κ2) is 9.93. The van der Waals surface area contributed by atoms with Crippen molar-refractivity contribution >= 4 is 11.8 Å². The Morgan fingerprint density at radius 2 is 1.52 bits per heavy atom. The highest BCUT2D eigenvalue weighted by atomic mass is 16.6. The molecule has 0 unspecified atom stereocenters. The molecule has 1 atom stereocenters. The molecule has 0 saturated carbocycles. The van der Waals surface area contributed by atoms with Gasteiger partial charge in [-0.1, -0.05) is 44.9 Å². The van der Waals surface area contributed by atoms with Crippen molar-refractivity contribution in [2.45, 2.75) is 83.7 Å². The second-order valence-corrected chi connectivity index (χ2v) is 5.97. The summed E-state index contributed by atoms with van der Waals surface area (Å²) >= 11 is 0. The van der Waals surface area contributed by atoms with E-state index in [0.29, 0.717) is 19.6 Å². The van der Waals surface area contributed by atoms with E-state index in [2.05, 4.69) is 0 Å². The minimum atomic E-state index is -0.396. The van der Waals surface area contributed by atoms with Crippen molar-refractivity contribution in [1.29, 1.82) is 0 Å². The van der Waals surface area contributed by atoms with Crippen molar-refractivity contribution in [3.63, 3.8) is 0 Å². The van der Waals surface area contributed by atoms with Crippen LogP contribution in [0.15, 0.2) is 0 Å². The highest BCUT2D eigenvalue weighted by Crippen LogP contribution is 2.33. The quantitative estimate of drug-likeness (QED) is 0.295. The van der Waals surface area contributed by atoms with Crippen LogP contribution < -0.4 is 0 Å². The predicted octanol–water partition coefficient (Wildman–Crippen LogP) is 3.81. The van der Waals surface area contributed by atoms with E-state index in [4.69, 9.17) is 9.47 Å². The van der Waals surface area contributed by atoms with E-state index in [0.717, 1.165) is 25.7 Å². The molecule has 1 rings (SSSR count). The molecule has 1 saturated heterocycles. The Morgan fingerprint density at radius 1 is 1.00 bits per heavy atom. The van der Waals surface area contributed by atoms with Gasteiger partial charge in [-0.15, -0.1) is 0 Å². The molecule has 0 bridgehead atoms. The molecule has 1 aliphatic rings. The molecule has 0 amide bonds. The second-order valence-electron chi connectivity index (χ2n) is 5.97. The van der Waals surface area contributed by atoms with Crippen LogP contribution in [0, 0.1) is 0 Å². The predicted molar refractivity (Wildman–Crippen MR) is 82.2 cm³/mol. The van der Waals surface area contributed by atoms with Crippen LogP contribution in [0.4, 0.5) is 0 Å². The lowest BCUT2D eigenvalue weighted by atomic mass is 9.97. The highest BCUT2D eigenvalue weighted by molar-refractivity contribution is 5.87. The third-order valence-corrected chi connectivity index (χ3v) is 4.15. The van der Waals surface area contributed by atoms with Crippen molar-refractivity contribution in [1.82, 2.24) is 0 Å². The number of rotatable bonds is 13. The third-order valence-electron chi connectivity index (χ3n) is 4.15. The Kier molecular flexibility index (Phi) is 8.58. The summed E-state index contributed by atoms with van der Waals surface area (Å²) in [6.45, 7) is 4.58. The Hall–Kier alpha value is -0.900. The van der Waals surface area contributed by atoms with E-state index in [1.165, 1.54) is 32.1 Å². The standard InChI is InChI=1S/C17H30O4/c1-3-20-16(19)12-10-8-6-4-5-7-9-11-13-17(14-21-17)15(2)18/h3-14H2,1-2H3/t17-/m1/s1. The number of ether oxygens (including phenoxy) is 2. The monoisotopic (exact) mass is 298 g/mol. The molecule has 0 radical (unpaired) electrons. The summed E-state index contributed by atoms with van der Waals surface area (Å²) in [5.74, 6) is 0.114. The van der Waals surface area contributed by atoms with Gasteiger partial charge in [0.1, 0.15) is 5.60 Å². The van der Waals surface area contributed by atoms with E-state index in [1.54, 1.807) is 6.92 Å². The molecule has 0 aromatic carbocycles. The summed E-state index contributed by atoms with van der Waals surface area (Å²) < 4.78 is 10.2. The maximum absolute atomic E-state index is 11.3. The SMILES string of the molecule is CCOC(=O)CCCCCCCCCC[C@]1(C(C)=O)CO1. The molecular formula is C17H30O4. The molecule has 0 aromatic rings. The van der Waals surface area contributed by atoms with Gasteiger partial charge in [-0.25, -0.2) is 0 Å². The van der Waals surface area contributed by atoms with Crippen LogP contribution in [0.5, 0.6) is 0 Å². The summed E-state index contributed by atoms with van der Waals surface area (Å²) in [7, 11) is 0. The number of hydrogen-bond acceptors (Lipinski definition) is 4. The van der Waals surface area contributed by atoms with Gasteiger partial charge in [0.05, 0.1) is 13.2 Å². The molecule has 122 valence electrons. The Labute approximate surface area is 128 Å². The molecule has 0 spiro atoms. The zero-order valence-corrected chi connectivity index (χ0v) is 13.6. The fraction of sp³-hybridized carbons (Fsp3) is 0.882. The van der Waals surface area contributed by atoms with Crippen LogP contribution in [0.3, 0.4) is 0 Å². The van der Waals surface area contributed by atoms with Crippen molar-refractivity contribution in [2.75, 3.05) is 13.2 Å². The van der Waals surface area contributed by atoms with Crippen LogP contribution in [0.25, 0.3) is 0 Å². The lowest BCUT2D eigenvalue weighted by Gasteiger charge is -2.07. The zero-order chi connectivity index (χ0) is 15.6. The minimum absolute atomic E-state index is 0.0702. The molecule has 4 nitrogen and oxygen atoms in total. The third kappa shape index (κ3) is 7.60. The van der Waals surface area contributed by atoms with Crippen LogP contribution in [0.1, 0.15) is 78.1 Å². The van der Waals surface area contributed by atoms with Gasteiger partial charge in [-0.2, -0.15) is 0 Å². The topological polar surface area (TPSA) is 55.9 Å². The van der Waals surface area contributed by atoms with Gasteiger partial charge in [-0.3, -0.25) is 9.59 Å². The van der Waals surface area contributed by atoms with Crippen LogP contribution in [0.2, 0.25) is 0 Å². The average molecular weight is 298 g/mol. The first-order chi connectivity index (χ1) is 10.1. The number of Topliss-reactive ketones (excluding diaryl/α,β-unsaturated/α-hetero) is 1. The zero-order valence-electron chi connectivity index (χ0n) is 13.6. The number of hydrogen-bond donors (Lipinski definition) is 0. The summed E-state index contributed by atoms with van der Waals surface area (Å²) in [4.78, 5) is 22.5. The van der Waals surface area contributed by atoms with Gasteiger partial charge in [0.25, 0.3) is 0 Å². The number of esters is 1. The number of carbonyl (C=O) groups excluding carboxylic acids is 2. The number of ketones is 1. The first-order valence-corrected chi connectivity index (χ1v) is 8.41. The summed E-state index contributed by atoms with van der Waals surface area (Å²) in [5, 5.41) is 0. The highest BCUT2D eigenvalue weighted by Gasteiger charge is 2.48. The Morgan fingerprint density at radius 3 is 2.00 bits per heavy atom. The number of carbonyl (C=O) groups is 2. The van der Waals surface area contributed by atoms with E-state index in [1.807, 2.05) is 6.92 Å².